The first-order chi connectivity index (χ1) is 18.9. The third-order valence-electron chi connectivity index (χ3n) is 7.01. The molecule has 15 nitrogen and oxygen atoms in total. The number of nitrogens with one attached hydrogen (secondary N) is 1. The van der Waals surface area contributed by atoms with Crippen molar-refractivity contribution in [2.75, 3.05) is 5.32 Å². The van der Waals surface area contributed by atoms with Crippen molar-refractivity contribution in [2.45, 2.75) is 68.3 Å². The Labute approximate surface area is 226 Å². The van der Waals surface area contributed by atoms with Gasteiger partial charge in [0.05, 0.1) is 37.7 Å². The maximum atomic E-state index is 11.8. The molecule has 3 heterocycles. The Balaban J connectivity index is 1.81. The number of aliphatic hydroxyl groups is 3. The molecule has 4 rings (SSSR count). The minimum absolute atomic E-state index is 0.0280. The zero-order valence-corrected chi connectivity index (χ0v) is 21.3. The Hall–Kier alpha value is -4.18. The van der Waals surface area contributed by atoms with E-state index in [9.17, 15) is 39.9 Å². The molecule has 2 aromatic heterocycles. The van der Waals surface area contributed by atoms with E-state index >= 15 is 0 Å². The van der Waals surface area contributed by atoms with E-state index in [0.717, 1.165) is 16.5 Å². The number of carbonyl (C=O) groups is 3. The standard InChI is InChI=1S/C25H29N5O10/c1-2-14(13-6-4-3-5-7-13)29-21-19-22(27-11-26-21)30(12-28-19)23-25(39,10-18(36)37)24(38,9-17(34)35)20(40-23)15(31)8-16(32)33/h3-7,11-12,14-15,20,23,31,38-39H,2,8-10H2,1H3,(H,32,33)(H,34,35)(H,36,37)(H,26,27,29)/t14-,15?,20+,23+,24+,25-/m0/s1. The minimum Gasteiger partial charge on any atom is -0.481 e. The smallest absolute Gasteiger partial charge is 0.306 e. The number of ether oxygens (including phenoxy) is 1. The number of hydrogen-bond acceptors (Lipinski definition) is 11. The van der Waals surface area contributed by atoms with Crippen molar-refractivity contribution in [1.82, 2.24) is 19.5 Å². The first-order valence-corrected chi connectivity index (χ1v) is 12.3. The molecule has 3 aromatic rings. The Morgan fingerprint density at radius 2 is 1.65 bits per heavy atom. The summed E-state index contributed by atoms with van der Waals surface area (Å²) in [6.45, 7) is 1.96. The number of aliphatic hydroxyl groups excluding tert-OH is 1. The van der Waals surface area contributed by atoms with Gasteiger partial charge < -0.3 is 40.7 Å². The van der Waals surface area contributed by atoms with E-state index in [4.69, 9.17) is 9.84 Å². The van der Waals surface area contributed by atoms with E-state index in [1.165, 1.54) is 6.33 Å². The molecule has 0 amide bonds. The number of rotatable bonds is 12. The number of nitrogens with zero attached hydrogens (tertiary/aromatic N) is 4. The molecule has 1 unspecified atom stereocenters. The van der Waals surface area contributed by atoms with Crippen LogP contribution in [0.5, 0.6) is 0 Å². The third-order valence-corrected chi connectivity index (χ3v) is 7.01. The lowest BCUT2D eigenvalue weighted by Crippen LogP contribution is -2.62. The van der Waals surface area contributed by atoms with Crippen LogP contribution in [-0.4, -0.2) is 91.5 Å². The van der Waals surface area contributed by atoms with Crippen LogP contribution in [0.15, 0.2) is 43.0 Å². The molecule has 1 aromatic carbocycles. The maximum Gasteiger partial charge on any atom is 0.306 e. The molecule has 0 spiro atoms. The second-order valence-electron chi connectivity index (χ2n) is 9.63. The molecule has 0 saturated carbocycles. The van der Waals surface area contributed by atoms with Crippen molar-refractivity contribution >= 4 is 34.9 Å². The van der Waals surface area contributed by atoms with Crippen molar-refractivity contribution in [2.24, 2.45) is 0 Å². The first kappa shape index (κ1) is 28.8. The fraction of sp³-hybridized carbons (Fsp3) is 0.440. The number of fused-ring (bicyclic) bond motifs is 1. The number of anilines is 1. The van der Waals surface area contributed by atoms with Gasteiger partial charge in [-0.15, -0.1) is 0 Å². The van der Waals surface area contributed by atoms with Crippen LogP contribution >= 0.6 is 0 Å². The number of benzene rings is 1. The lowest BCUT2D eigenvalue weighted by atomic mass is 9.73. The zero-order chi connectivity index (χ0) is 29.2. The fourth-order valence-corrected chi connectivity index (χ4v) is 5.17. The van der Waals surface area contributed by atoms with E-state index < -0.39 is 66.8 Å². The highest BCUT2D eigenvalue weighted by atomic mass is 16.6. The quantitative estimate of drug-likeness (QED) is 0.160. The molecule has 0 bridgehead atoms. The average Bonchev–Trinajstić information content (AvgIpc) is 3.39. The molecular formula is C25H29N5O10. The van der Waals surface area contributed by atoms with Crippen molar-refractivity contribution in [3.63, 3.8) is 0 Å². The van der Waals surface area contributed by atoms with Crippen molar-refractivity contribution < 1.29 is 49.8 Å². The zero-order valence-electron chi connectivity index (χ0n) is 21.3. The predicted octanol–water partition coefficient (Wildman–Crippen LogP) is 0.534. The molecule has 6 atom stereocenters. The van der Waals surface area contributed by atoms with Gasteiger partial charge >= 0.3 is 17.9 Å². The van der Waals surface area contributed by atoms with Crippen LogP contribution in [0.4, 0.5) is 5.82 Å². The van der Waals surface area contributed by atoms with E-state index in [0.29, 0.717) is 12.2 Å². The van der Waals surface area contributed by atoms with E-state index in [-0.39, 0.29) is 17.2 Å². The number of imidazole rings is 1. The maximum absolute atomic E-state index is 11.8. The van der Waals surface area contributed by atoms with Gasteiger partial charge in [-0.1, -0.05) is 37.3 Å². The molecule has 0 aliphatic carbocycles. The highest BCUT2D eigenvalue weighted by molar-refractivity contribution is 5.83. The van der Waals surface area contributed by atoms with Gasteiger partial charge in [0.1, 0.15) is 18.0 Å². The summed E-state index contributed by atoms with van der Waals surface area (Å²) in [7, 11) is 0. The monoisotopic (exact) mass is 559 g/mol. The van der Waals surface area contributed by atoms with Crippen LogP contribution < -0.4 is 5.32 Å². The minimum atomic E-state index is -2.93. The highest BCUT2D eigenvalue weighted by Gasteiger charge is 2.69. The molecule has 15 heteroatoms. The van der Waals surface area contributed by atoms with Crippen LogP contribution in [-0.2, 0) is 19.1 Å². The summed E-state index contributed by atoms with van der Waals surface area (Å²) in [5.74, 6) is -4.48. The van der Waals surface area contributed by atoms with Crippen molar-refractivity contribution in [1.29, 1.82) is 0 Å². The molecule has 7 N–H and O–H groups in total. The molecule has 40 heavy (non-hydrogen) atoms. The van der Waals surface area contributed by atoms with Gasteiger partial charge in [0, 0.05) is 0 Å². The van der Waals surface area contributed by atoms with Crippen LogP contribution in [0.1, 0.15) is 50.4 Å². The third kappa shape index (κ3) is 5.19. The number of carboxylic acid groups (broad SMARTS) is 3. The van der Waals surface area contributed by atoms with Crippen molar-refractivity contribution in [3.8, 4) is 0 Å². The SMILES string of the molecule is CC[C@H](Nc1ncnc2c1ncn2[C@@H]1O[C@H](C(O)CC(=O)O)[C@](O)(CC(=O)O)[C@]1(O)CC(=O)O)c1ccccc1. The molecule has 0 radical (unpaired) electrons. The number of carboxylic acids is 3. The molecule has 214 valence electrons. The predicted molar refractivity (Wildman–Crippen MR) is 135 cm³/mol. The Morgan fingerprint density at radius 1 is 1.00 bits per heavy atom. The van der Waals surface area contributed by atoms with Gasteiger partial charge in [-0.3, -0.25) is 19.0 Å². The number of hydrogen-bond donors (Lipinski definition) is 7. The van der Waals surface area contributed by atoms with Crippen LogP contribution in [0.3, 0.4) is 0 Å². The van der Waals surface area contributed by atoms with Gasteiger partial charge in [0.25, 0.3) is 0 Å². The molecule has 1 aliphatic rings. The Kier molecular flexibility index (Phi) is 8.02. The van der Waals surface area contributed by atoms with Crippen LogP contribution in [0.2, 0.25) is 0 Å². The van der Waals surface area contributed by atoms with E-state index in [1.54, 1.807) is 0 Å². The fourth-order valence-electron chi connectivity index (χ4n) is 5.17. The Bertz CT molecular complexity index is 1400. The van der Waals surface area contributed by atoms with E-state index in [1.807, 2.05) is 37.3 Å². The molecule has 1 aliphatic heterocycles. The summed E-state index contributed by atoms with van der Waals surface area (Å²) in [5.41, 5.74) is -4.61. The van der Waals surface area contributed by atoms with Crippen LogP contribution in [0, 0.1) is 0 Å². The summed E-state index contributed by atoms with van der Waals surface area (Å²) in [6, 6.07) is 9.35. The van der Waals surface area contributed by atoms with E-state index in [2.05, 4.69) is 20.3 Å². The summed E-state index contributed by atoms with van der Waals surface area (Å²) in [6.07, 6.45) is -6.33. The average molecular weight is 560 g/mol. The highest BCUT2D eigenvalue weighted by Crippen LogP contribution is 2.51. The molecule has 1 fully saturated rings. The topological polar surface area (TPSA) is 237 Å². The van der Waals surface area contributed by atoms with Gasteiger partial charge in [-0.05, 0) is 12.0 Å². The summed E-state index contributed by atoms with van der Waals surface area (Å²) in [5, 5.41) is 65.3. The molecular weight excluding hydrogens is 530 g/mol. The normalized spacial score (nSPS) is 25.9. The Morgan fingerprint density at radius 3 is 2.25 bits per heavy atom. The second-order valence-corrected chi connectivity index (χ2v) is 9.63. The number of aromatic nitrogens is 4. The second kappa shape index (κ2) is 11.1. The largest absolute Gasteiger partial charge is 0.481 e. The first-order valence-electron chi connectivity index (χ1n) is 12.3. The van der Waals surface area contributed by atoms with Gasteiger partial charge in [0.2, 0.25) is 0 Å². The summed E-state index contributed by atoms with van der Waals surface area (Å²) in [4.78, 5) is 47.5. The van der Waals surface area contributed by atoms with Crippen molar-refractivity contribution in [3.05, 3.63) is 48.5 Å². The van der Waals surface area contributed by atoms with Crippen LogP contribution in [0.25, 0.3) is 11.2 Å². The lowest BCUT2D eigenvalue weighted by molar-refractivity contribution is -0.188. The van der Waals surface area contributed by atoms with Gasteiger partial charge in [-0.2, -0.15) is 0 Å². The lowest BCUT2D eigenvalue weighted by Gasteiger charge is -2.40. The molecule has 1 saturated heterocycles. The summed E-state index contributed by atoms with van der Waals surface area (Å²) < 4.78 is 6.82. The number of aliphatic carboxylic acids is 3. The van der Waals surface area contributed by atoms with Gasteiger partial charge in [-0.25, -0.2) is 15.0 Å². The summed E-state index contributed by atoms with van der Waals surface area (Å²) >= 11 is 0. The van der Waals surface area contributed by atoms with Gasteiger partial charge in [0.15, 0.2) is 28.8 Å².